The van der Waals surface area contributed by atoms with Crippen LogP contribution in [-0.4, -0.2) is 67.4 Å². The van der Waals surface area contributed by atoms with Crippen molar-refractivity contribution in [2.24, 2.45) is 11.8 Å². The molecular formula is C36H47ClN2O5S. The van der Waals surface area contributed by atoms with Crippen molar-refractivity contribution in [1.29, 1.82) is 0 Å². The molecule has 1 amide bonds. The van der Waals surface area contributed by atoms with Gasteiger partial charge in [0.15, 0.2) is 0 Å². The number of amides is 1. The monoisotopic (exact) mass is 654 g/mol. The summed E-state index contributed by atoms with van der Waals surface area (Å²) >= 11 is 6.45. The number of hydrogen-bond donors (Lipinski definition) is 1. The highest BCUT2D eigenvalue weighted by Crippen LogP contribution is 2.47. The summed E-state index contributed by atoms with van der Waals surface area (Å²) in [5, 5.41) is 0.533. The zero-order valence-corrected chi connectivity index (χ0v) is 28.2. The second-order valence-corrected chi connectivity index (χ2v) is 16.1. The first-order valence-corrected chi connectivity index (χ1v) is 18.7. The zero-order valence-electron chi connectivity index (χ0n) is 26.6. The summed E-state index contributed by atoms with van der Waals surface area (Å²) in [7, 11) is -1.18. The molecule has 2 aromatic rings. The molecule has 0 aromatic heterocycles. The van der Waals surface area contributed by atoms with Gasteiger partial charge in [0.1, 0.15) is 5.75 Å². The summed E-state index contributed by atoms with van der Waals surface area (Å²) in [6.45, 7) is 5.26. The maximum Gasteiger partial charge on any atom is 0.262 e. The van der Waals surface area contributed by atoms with Crippen LogP contribution in [-0.2, 0) is 31.0 Å². The van der Waals surface area contributed by atoms with E-state index in [9.17, 15) is 9.00 Å². The number of carbonyl (C=O) groups excluding carboxylic acids is 1. The normalized spacial score (nSPS) is 32.3. The Balaban J connectivity index is 1.41. The van der Waals surface area contributed by atoms with Crippen LogP contribution < -0.4 is 14.4 Å². The van der Waals surface area contributed by atoms with Crippen LogP contribution in [0.15, 0.2) is 48.6 Å². The Morgan fingerprint density at radius 3 is 2.82 bits per heavy atom. The number of methoxy groups -OCH3 is 1. The summed E-state index contributed by atoms with van der Waals surface area (Å²) in [4.78, 5) is 16.1. The van der Waals surface area contributed by atoms with Crippen LogP contribution in [0.3, 0.4) is 0 Å². The third-order valence-electron chi connectivity index (χ3n) is 10.5. The fourth-order valence-electron chi connectivity index (χ4n) is 7.86. The Hall–Kier alpha value is -2.52. The Labute approximate surface area is 273 Å². The lowest BCUT2D eigenvalue weighted by atomic mass is 9.68. The third-order valence-corrected chi connectivity index (χ3v) is 12.9. The van der Waals surface area contributed by atoms with Crippen molar-refractivity contribution >= 4 is 38.8 Å². The predicted molar refractivity (Wildman–Crippen MR) is 183 cm³/mol. The summed E-state index contributed by atoms with van der Waals surface area (Å²) in [5.41, 5.74) is 3.79. The highest BCUT2D eigenvalue weighted by atomic mass is 35.5. The van der Waals surface area contributed by atoms with Gasteiger partial charge in [0.05, 0.1) is 41.3 Å². The van der Waals surface area contributed by atoms with E-state index < -0.39 is 9.71 Å². The Kier molecular flexibility index (Phi) is 9.86. The van der Waals surface area contributed by atoms with Crippen LogP contribution in [0.1, 0.15) is 73.4 Å². The second-order valence-electron chi connectivity index (χ2n) is 13.3. The molecular weight excluding hydrogens is 608 g/mol. The summed E-state index contributed by atoms with van der Waals surface area (Å²) < 4.78 is 35.0. The highest BCUT2D eigenvalue weighted by molar-refractivity contribution is 7.99. The van der Waals surface area contributed by atoms with E-state index in [4.69, 9.17) is 25.8 Å². The van der Waals surface area contributed by atoms with Crippen LogP contribution in [0.4, 0.5) is 5.69 Å². The minimum atomic E-state index is -2.88. The van der Waals surface area contributed by atoms with E-state index in [0.29, 0.717) is 50.1 Å². The van der Waals surface area contributed by atoms with E-state index in [1.54, 1.807) is 13.2 Å². The fourth-order valence-corrected chi connectivity index (χ4v) is 9.71. The van der Waals surface area contributed by atoms with Gasteiger partial charge in [-0.2, -0.15) is 0 Å². The maximum atomic E-state index is 13.8. The van der Waals surface area contributed by atoms with Gasteiger partial charge in [0.2, 0.25) is 0 Å². The molecule has 45 heavy (non-hydrogen) atoms. The smallest absolute Gasteiger partial charge is 0.262 e. The van der Waals surface area contributed by atoms with Crippen LogP contribution in [0.2, 0.25) is 5.02 Å². The zero-order chi connectivity index (χ0) is 31.6. The average Bonchev–Trinajstić information content (AvgIpc) is 3.15. The molecule has 2 aliphatic carbocycles. The highest BCUT2D eigenvalue weighted by Gasteiger charge is 2.44. The maximum absolute atomic E-state index is 13.8. The van der Waals surface area contributed by atoms with Gasteiger partial charge in [-0.05, 0) is 111 Å². The molecule has 1 spiro atoms. The molecule has 2 heterocycles. The van der Waals surface area contributed by atoms with Gasteiger partial charge in [-0.3, -0.25) is 9.52 Å². The van der Waals surface area contributed by atoms with Crippen LogP contribution in [0, 0.1) is 11.8 Å². The van der Waals surface area contributed by atoms with Crippen molar-refractivity contribution in [2.45, 2.75) is 75.1 Å². The molecule has 1 saturated carbocycles. The third kappa shape index (κ3) is 6.80. The van der Waals surface area contributed by atoms with Gasteiger partial charge in [0, 0.05) is 41.5 Å². The molecule has 7 nitrogen and oxygen atoms in total. The number of rotatable bonds is 5. The molecule has 1 fully saturated rings. The van der Waals surface area contributed by atoms with Gasteiger partial charge in [-0.25, -0.2) is 4.21 Å². The first kappa shape index (κ1) is 32.4. The fraction of sp³-hybridized carbons (Fsp3) is 0.556. The van der Waals surface area contributed by atoms with E-state index >= 15 is 0 Å². The molecule has 2 aliphatic heterocycles. The molecule has 244 valence electrons. The number of nitrogens with one attached hydrogen (secondary N) is 1. The Morgan fingerprint density at radius 2 is 2.04 bits per heavy atom. The molecule has 0 saturated heterocycles. The van der Waals surface area contributed by atoms with Gasteiger partial charge in [-0.15, -0.1) is 0 Å². The van der Waals surface area contributed by atoms with E-state index in [1.807, 2.05) is 25.1 Å². The molecule has 6 atom stereocenters. The summed E-state index contributed by atoms with van der Waals surface area (Å²) in [5.74, 6) is 5.23. The van der Waals surface area contributed by atoms with Gasteiger partial charge in [-0.1, -0.05) is 36.7 Å². The lowest BCUT2D eigenvalue weighted by molar-refractivity contribution is -0.0309. The standard InChI is InChI=1S/C36H47ClN2O5S/c1-4-29-9-5-6-10-33(43-19-18-42-2)30-14-11-27(30)22-39-23-36(17-7-8-25-20-28(37)13-15-31(25)36)24-44-34-16-12-26(21-32(34)39)35(40)38-45(29,3)41/h6,10,12-13,15-16,20-21,27,29-30,33H,3-5,7-9,11,14,17-19,22-24H2,1-2H3,(H,38,40,41)/b10-6+/t27-,29+,30+,33-,36-,45?/m0/s1. The number of nitrogens with zero attached hydrogens (tertiary/aromatic N) is 1. The average molecular weight is 655 g/mol. The van der Waals surface area contributed by atoms with Crippen molar-refractivity contribution < 1.29 is 23.2 Å². The molecule has 1 N–H and O–H groups in total. The second kappa shape index (κ2) is 13.7. The number of halogens is 1. The molecule has 6 rings (SSSR count). The van der Waals surface area contributed by atoms with E-state index in [2.05, 4.69) is 39.8 Å². The van der Waals surface area contributed by atoms with Crippen molar-refractivity contribution in [1.82, 2.24) is 4.72 Å². The lowest BCUT2D eigenvalue weighted by Crippen LogP contribution is -2.49. The number of fused-ring (bicyclic) bond motifs is 4. The van der Waals surface area contributed by atoms with Gasteiger partial charge in [0.25, 0.3) is 5.91 Å². The first-order valence-electron chi connectivity index (χ1n) is 16.5. The topological polar surface area (TPSA) is 77.1 Å². The molecule has 2 aromatic carbocycles. The van der Waals surface area contributed by atoms with Crippen molar-refractivity contribution in [2.75, 3.05) is 44.9 Å². The molecule has 1 unspecified atom stereocenters. The quantitative estimate of drug-likeness (QED) is 0.230. The number of aryl methyl sites for hydroxylation is 1. The molecule has 0 radical (unpaired) electrons. The Bertz CT molecular complexity index is 1530. The minimum absolute atomic E-state index is 0.0174. The van der Waals surface area contributed by atoms with Gasteiger partial charge >= 0.3 is 0 Å². The van der Waals surface area contributed by atoms with Crippen LogP contribution in [0.25, 0.3) is 0 Å². The SMILES string of the molecule is C=S1(=O)NC(=O)c2ccc3c(c2)N(C[C@@H]2CC[C@H]2[C@@H](OCCOC)/C=C/CC[C@H]1CC)C[C@@]1(CCCc2cc(Cl)ccc21)CO3. The van der Waals surface area contributed by atoms with Crippen molar-refractivity contribution in [3.8, 4) is 5.75 Å². The summed E-state index contributed by atoms with van der Waals surface area (Å²) in [6, 6.07) is 11.9. The van der Waals surface area contributed by atoms with E-state index in [1.165, 1.54) is 11.1 Å². The van der Waals surface area contributed by atoms with Crippen LogP contribution >= 0.6 is 11.6 Å². The molecule has 9 heteroatoms. The lowest BCUT2D eigenvalue weighted by Gasteiger charge is -2.46. The summed E-state index contributed by atoms with van der Waals surface area (Å²) in [6.07, 6.45) is 11.7. The van der Waals surface area contributed by atoms with E-state index in [-0.39, 0.29) is 22.7 Å². The van der Waals surface area contributed by atoms with Gasteiger partial charge < -0.3 is 19.1 Å². The Morgan fingerprint density at radius 1 is 1.18 bits per heavy atom. The first-order chi connectivity index (χ1) is 21.7. The van der Waals surface area contributed by atoms with Crippen molar-refractivity contribution in [3.63, 3.8) is 0 Å². The molecule has 4 aliphatic rings. The van der Waals surface area contributed by atoms with E-state index in [0.717, 1.165) is 68.1 Å². The number of carbonyl (C=O) groups is 1. The number of ether oxygens (including phenoxy) is 3. The minimum Gasteiger partial charge on any atom is -0.490 e. The largest absolute Gasteiger partial charge is 0.490 e. The van der Waals surface area contributed by atoms with Crippen molar-refractivity contribution in [3.05, 3.63) is 70.3 Å². The number of allylic oxidation sites excluding steroid dienone is 1. The predicted octanol–water partition coefficient (Wildman–Crippen LogP) is 6.36. The van der Waals surface area contributed by atoms with Crippen LogP contribution in [0.5, 0.6) is 5.75 Å². The number of anilines is 1. The number of hydrogen-bond acceptors (Lipinski definition) is 6. The number of benzene rings is 2. The molecule has 2 bridgehead atoms.